The number of hydrogen-bond acceptors (Lipinski definition) is 3. The number of nitrogens with one attached hydrogen (secondary N) is 1. The van der Waals surface area contributed by atoms with Crippen LogP contribution in [0, 0.1) is 5.92 Å². The van der Waals surface area contributed by atoms with E-state index < -0.39 is 0 Å². The molecule has 18 heavy (non-hydrogen) atoms. The van der Waals surface area contributed by atoms with Gasteiger partial charge < -0.3 is 15.2 Å². The third kappa shape index (κ3) is 3.03. The van der Waals surface area contributed by atoms with Crippen LogP contribution in [-0.2, 0) is 4.74 Å². The van der Waals surface area contributed by atoms with Crippen molar-refractivity contribution >= 4 is 21.8 Å². The molecule has 0 spiro atoms. The fourth-order valence-corrected chi connectivity index (χ4v) is 2.26. The molecule has 2 unspecified atom stereocenters. The molecule has 1 saturated heterocycles. The van der Waals surface area contributed by atoms with E-state index in [1.807, 2.05) is 6.92 Å². The minimum atomic E-state index is -0.169. The highest BCUT2D eigenvalue weighted by molar-refractivity contribution is 9.10. The smallest absolute Gasteiger partial charge is 0.251 e. The summed E-state index contributed by atoms with van der Waals surface area (Å²) in [6, 6.07) is 4.87. The molecule has 2 N–H and O–H groups in total. The first-order chi connectivity index (χ1) is 8.58. The Morgan fingerprint density at radius 1 is 1.61 bits per heavy atom. The molecule has 1 fully saturated rings. The number of amides is 1. The molecule has 0 radical (unpaired) electrons. The maximum absolute atomic E-state index is 12.0. The molecule has 2 atom stereocenters. The number of carbonyl (C=O) groups excluding carboxylic acids is 1. The van der Waals surface area contributed by atoms with E-state index in [0.717, 1.165) is 13.0 Å². The van der Waals surface area contributed by atoms with Crippen molar-refractivity contribution in [2.45, 2.75) is 19.4 Å². The van der Waals surface area contributed by atoms with Crippen molar-refractivity contribution in [2.75, 3.05) is 13.2 Å². The maximum Gasteiger partial charge on any atom is 0.251 e. The van der Waals surface area contributed by atoms with Gasteiger partial charge in [0.1, 0.15) is 5.75 Å². The van der Waals surface area contributed by atoms with E-state index in [-0.39, 0.29) is 17.7 Å². The predicted octanol–water partition coefficient (Wildman–Crippen LogP) is 2.31. The van der Waals surface area contributed by atoms with Crippen LogP contribution in [-0.4, -0.2) is 30.3 Å². The number of ether oxygens (including phenoxy) is 1. The Hall–Kier alpha value is -1.07. The molecule has 4 nitrogen and oxygen atoms in total. The molecule has 0 bridgehead atoms. The van der Waals surface area contributed by atoms with Gasteiger partial charge in [0.25, 0.3) is 5.91 Å². The summed E-state index contributed by atoms with van der Waals surface area (Å²) in [5, 5.41) is 12.5. The largest absolute Gasteiger partial charge is 0.507 e. The Morgan fingerprint density at radius 2 is 2.39 bits per heavy atom. The quantitative estimate of drug-likeness (QED) is 0.900. The van der Waals surface area contributed by atoms with Crippen molar-refractivity contribution in [1.29, 1.82) is 0 Å². The van der Waals surface area contributed by atoms with Gasteiger partial charge in [-0.05, 0) is 47.5 Å². The van der Waals surface area contributed by atoms with Crippen molar-refractivity contribution in [1.82, 2.24) is 5.32 Å². The zero-order valence-corrected chi connectivity index (χ0v) is 11.7. The Bertz CT molecular complexity index is 444. The number of hydrogen-bond donors (Lipinski definition) is 2. The molecule has 1 aliphatic rings. The maximum atomic E-state index is 12.0. The fourth-order valence-electron chi connectivity index (χ4n) is 2.01. The van der Waals surface area contributed by atoms with E-state index in [2.05, 4.69) is 21.2 Å². The normalized spacial score (nSPS) is 20.7. The number of phenolic OH excluding ortho intramolecular Hbond substituents is 1. The molecule has 1 amide bonds. The summed E-state index contributed by atoms with van der Waals surface area (Å²) < 4.78 is 5.88. The van der Waals surface area contributed by atoms with E-state index in [0.29, 0.717) is 22.6 Å². The van der Waals surface area contributed by atoms with Gasteiger partial charge in [-0.1, -0.05) is 0 Å². The van der Waals surface area contributed by atoms with Crippen LogP contribution in [0.2, 0.25) is 0 Å². The van der Waals surface area contributed by atoms with Crippen molar-refractivity contribution in [3.05, 3.63) is 28.2 Å². The van der Waals surface area contributed by atoms with Crippen LogP contribution < -0.4 is 5.32 Å². The average Bonchev–Trinajstić information content (AvgIpc) is 2.86. The number of phenols is 1. The van der Waals surface area contributed by atoms with Crippen LogP contribution in [0.4, 0.5) is 0 Å². The fraction of sp³-hybridized carbons (Fsp3) is 0.462. The number of rotatable bonds is 3. The summed E-state index contributed by atoms with van der Waals surface area (Å²) >= 11 is 3.18. The Morgan fingerprint density at radius 3 is 3.00 bits per heavy atom. The summed E-state index contributed by atoms with van der Waals surface area (Å²) in [4.78, 5) is 12.0. The second kappa shape index (κ2) is 5.71. The number of carbonyl (C=O) groups is 1. The molecule has 0 saturated carbocycles. The lowest BCUT2D eigenvalue weighted by Gasteiger charge is -2.19. The standard InChI is InChI=1S/C13H16BrNO3/c1-8(10-4-5-18-7-10)15-13(17)9-2-3-11(14)12(16)6-9/h2-3,6,8,10,16H,4-5,7H2,1H3,(H,15,17). The van der Waals surface area contributed by atoms with Crippen LogP contribution in [0.5, 0.6) is 5.75 Å². The summed E-state index contributed by atoms with van der Waals surface area (Å²) in [7, 11) is 0. The number of benzene rings is 1. The zero-order valence-electron chi connectivity index (χ0n) is 10.1. The first-order valence-corrected chi connectivity index (χ1v) is 6.74. The van der Waals surface area contributed by atoms with Crippen LogP contribution in [0.1, 0.15) is 23.7 Å². The topological polar surface area (TPSA) is 58.6 Å². The van der Waals surface area contributed by atoms with Gasteiger partial charge in [0.2, 0.25) is 0 Å². The molecule has 2 rings (SSSR count). The van der Waals surface area contributed by atoms with Gasteiger partial charge in [-0.15, -0.1) is 0 Å². The van der Waals surface area contributed by atoms with Crippen LogP contribution in [0.25, 0.3) is 0 Å². The molecule has 1 aromatic carbocycles. The summed E-state index contributed by atoms with van der Waals surface area (Å²) in [6.07, 6.45) is 0.979. The highest BCUT2D eigenvalue weighted by Gasteiger charge is 2.23. The molecule has 1 heterocycles. The predicted molar refractivity (Wildman–Crippen MR) is 71.7 cm³/mol. The number of aromatic hydroxyl groups is 1. The number of halogens is 1. The average molecular weight is 314 g/mol. The van der Waals surface area contributed by atoms with E-state index in [4.69, 9.17) is 4.74 Å². The first-order valence-electron chi connectivity index (χ1n) is 5.95. The molecule has 98 valence electrons. The van der Waals surface area contributed by atoms with Gasteiger partial charge >= 0.3 is 0 Å². The first kappa shape index (κ1) is 13.4. The van der Waals surface area contributed by atoms with Crippen LogP contribution in [0.3, 0.4) is 0 Å². The monoisotopic (exact) mass is 313 g/mol. The van der Waals surface area contributed by atoms with E-state index in [1.54, 1.807) is 12.1 Å². The van der Waals surface area contributed by atoms with Crippen LogP contribution >= 0.6 is 15.9 Å². The highest BCUT2D eigenvalue weighted by Crippen LogP contribution is 2.24. The molecule has 0 aromatic heterocycles. The SMILES string of the molecule is CC(NC(=O)c1ccc(Br)c(O)c1)C1CCOC1. The molecular formula is C13H16BrNO3. The molecule has 1 aromatic rings. The van der Waals surface area contributed by atoms with Gasteiger partial charge in [0.05, 0.1) is 11.1 Å². The van der Waals surface area contributed by atoms with Crippen LogP contribution in [0.15, 0.2) is 22.7 Å². The lowest BCUT2D eigenvalue weighted by molar-refractivity contribution is 0.0922. The lowest BCUT2D eigenvalue weighted by atomic mass is 10.0. The third-order valence-electron chi connectivity index (χ3n) is 3.24. The second-order valence-electron chi connectivity index (χ2n) is 4.55. The zero-order chi connectivity index (χ0) is 13.1. The van der Waals surface area contributed by atoms with E-state index in [1.165, 1.54) is 6.07 Å². The summed E-state index contributed by atoms with van der Waals surface area (Å²) in [6.45, 7) is 3.45. The van der Waals surface area contributed by atoms with Gasteiger partial charge in [-0.3, -0.25) is 4.79 Å². The van der Waals surface area contributed by atoms with Crippen molar-refractivity contribution in [3.63, 3.8) is 0 Å². The van der Waals surface area contributed by atoms with Crippen molar-refractivity contribution in [3.8, 4) is 5.75 Å². The molecule has 5 heteroatoms. The second-order valence-corrected chi connectivity index (χ2v) is 5.41. The lowest BCUT2D eigenvalue weighted by Crippen LogP contribution is -2.38. The van der Waals surface area contributed by atoms with Crippen molar-refractivity contribution < 1.29 is 14.6 Å². The minimum absolute atomic E-state index is 0.0690. The molecule has 0 aliphatic carbocycles. The van der Waals surface area contributed by atoms with Crippen molar-refractivity contribution in [2.24, 2.45) is 5.92 Å². The van der Waals surface area contributed by atoms with Gasteiger partial charge in [0.15, 0.2) is 0 Å². The molecular weight excluding hydrogens is 298 g/mol. The Labute approximate surface area is 114 Å². The summed E-state index contributed by atoms with van der Waals surface area (Å²) in [5.41, 5.74) is 0.460. The Balaban J connectivity index is 2.00. The van der Waals surface area contributed by atoms with E-state index >= 15 is 0 Å². The Kier molecular flexibility index (Phi) is 4.24. The van der Waals surface area contributed by atoms with Gasteiger partial charge in [0, 0.05) is 24.1 Å². The molecule has 1 aliphatic heterocycles. The minimum Gasteiger partial charge on any atom is -0.507 e. The highest BCUT2D eigenvalue weighted by atomic mass is 79.9. The third-order valence-corrected chi connectivity index (χ3v) is 3.91. The van der Waals surface area contributed by atoms with Gasteiger partial charge in [-0.25, -0.2) is 0 Å². The summed E-state index contributed by atoms with van der Waals surface area (Å²) in [5.74, 6) is 0.273. The van der Waals surface area contributed by atoms with E-state index in [9.17, 15) is 9.90 Å². The van der Waals surface area contributed by atoms with Gasteiger partial charge in [-0.2, -0.15) is 0 Å².